The zero-order valence-electron chi connectivity index (χ0n) is 12.6. The Morgan fingerprint density at radius 1 is 1.24 bits per heavy atom. The van der Waals surface area contributed by atoms with Crippen LogP contribution in [0.15, 0.2) is 24.3 Å². The number of hydrogen-bond acceptors (Lipinski definition) is 5. The van der Waals surface area contributed by atoms with Crippen LogP contribution in [-0.4, -0.2) is 22.7 Å². The van der Waals surface area contributed by atoms with Crippen molar-refractivity contribution in [1.29, 1.82) is 0 Å². The van der Waals surface area contributed by atoms with Gasteiger partial charge < -0.3 is 4.74 Å². The number of carbonyl (C=O) groups excluding carboxylic acids is 1. The van der Waals surface area contributed by atoms with Gasteiger partial charge in [0.05, 0.1) is 0 Å². The maximum atomic E-state index is 11.7. The summed E-state index contributed by atoms with van der Waals surface area (Å²) < 4.78 is 5.46. The van der Waals surface area contributed by atoms with Gasteiger partial charge >= 0.3 is 0 Å². The van der Waals surface area contributed by atoms with Crippen molar-refractivity contribution in [2.75, 3.05) is 11.9 Å². The molecule has 0 spiro atoms. The highest BCUT2D eigenvalue weighted by Crippen LogP contribution is 2.24. The topological polar surface area (TPSA) is 64.1 Å². The molecule has 0 unspecified atom stereocenters. The maximum absolute atomic E-state index is 11.7. The van der Waals surface area contributed by atoms with Gasteiger partial charge in [-0.05, 0) is 30.0 Å². The molecule has 0 fully saturated rings. The molecule has 0 aliphatic heterocycles. The van der Waals surface area contributed by atoms with E-state index in [1.54, 1.807) is 0 Å². The van der Waals surface area contributed by atoms with Crippen molar-refractivity contribution in [2.24, 2.45) is 0 Å². The molecule has 2 aromatic rings. The summed E-state index contributed by atoms with van der Waals surface area (Å²) in [4.78, 5) is 11.7. The minimum atomic E-state index is -0.244. The Balaban J connectivity index is 1.86. The zero-order valence-corrected chi connectivity index (χ0v) is 13.5. The Bertz CT molecular complexity index is 615. The summed E-state index contributed by atoms with van der Waals surface area (Å²) >= 11 is 1.33. The van der Waals surface area contributed by atoms with Crippen LogP contribution in [0.2, 0.25) is 0 Å². The molecule has 112 valence electrons. The molecular weight excluding hydrogens is 286 g/mol. The lowest BCUT2D eigenvalue weighted by Crippen LogP contribution is -2.20. The van der Waals surface area contributed by atoms with Crippen molar-refractivity contribution in [3.63, 3.8) is 0 Å². The molecule has 6 heteroatoms. The van der Waals surface area contributed by atoms with Crippen LogP contribution in [0.3, 0.4) is 0 Å². The lowest BCUT2D eigenvalue weighted by Gasteiger charge is -2.19. The molecule has 1 heterocycles. The first-order valence-corrected chi connectivity index (χ1v) is 7.49. The molecule has 1 aromatic carbocycles. The summed E-state index contributed by atoms with van der Waals surface area (Å²) in [7, 11) is 0. The van der Waals surface area contributed by atoms with E-state index in [-0.39, 0.29) is 17.9 Å². The third kappa shape index (κ3) is 4.53. The largest absolute Gasteiger partial charge is 0.484 e. The van der Waals surface area contributed by atoms with E-state index < -0.39 is 0 Å². The normalized spacial score (nSPS) is 11.2. The highest BCUT2D eigenvalue weighted by atomic mass is 32.1. The minimum Gasteiger partial charge on any atom is -0.484 e. The number of ether oxygens (including phenoxy) is 1. The molecule has 0 saturated carbocycles. The van der Waals surface area contributed by atoms with Gasteiger partial charge in [0.25, 0.3) is 5.91 Å². The van der Waals surface area contributed by atoms with Crippen molar-refractivity contribution in [1.82, 2.24) is 10.2 Å². The van der Waals surface area contributed by atoms with Crippen LogP contribution >= 0.6 is 11.3 Å². The predicted molar refractivity (Wildman–Crippen MR) is 83.9 cm³/mol. The first kappa shape index (κ1) is 15.4. The summed E-state index contributed by atoms with van der Waals surface area (Å²) in [6, 6.07) is 7.79. The van der Waals surface area contributed by atoms with E-state index >= 15 is 0 Å². The smallest absolute Gasteiger partial charge is 0.264 e. The molecular formula is C15H19N3O2S. The van der Waals surface area contributed by atoms with Gasteiger partial charge in [0.15, 0.2) is 6.61 Å². The Labute approximate surface area is 128 Å². The Kier molecular flexibility index (Phi) is 4.57. The van der Waals surface area contributed by atoms with Crippen molar-refractivity contribution >= 4 is 22.4 Å². The van der Waals surface area contributed by atoms with Gasteiger partial charge in [0, 0.05) is 0 Å². The molecule has 1 aromatic heterocycles. The second-order valence-corrected chi connectivity index (χ2v) is 6.92. The fourth-order valence-electron chi connectivity index (χ4n) is 1.70. The molecule has 21 heavy (non-hydrogen) atoms. The summed E-state index contributed by atoms with van der Waals surface area (Å²) in [5.74, 6) is 0.428. The fraction of sp³-hybridized carbons (Fsp3) is 0.400. The standard InChI is InChI=1S/C15H19N3O2S/c1-10-17-18-14(21-10)16-13(19)9-20-12-7-5-11(6-8-12)15(2,3)4/h5-8H,9H2,1-4H3,(H,16,18,19). The molecule has 0 atom stereocenters. The van der Waals surface area contributed by atoms with Crippen LogP contribution in [0.5, 0.6) is 5.75 Å². The molecule has 1 amide bonds. The molecule has 0 bridgehead atoms. The Morgan fingerprint density at radius 3 is 2.43 bits per heavy atom. The second kappa shape index (κ2) is 6.22. The van der Waals surface area contributed by atoms with Crippen LogP contribution in [0, 0.1) is 6.92 Å². The monoisotopic (exact) mass is 305 g/mol. The second-order valence-electron chi connectivity index (χ2n) is 5.74. The number of aryl methyl sites for hydroxylation is 1. The highest BCUT2D eigenvalue weighted by Gasteiger charge is 2.13. The van der Waals surface area contributed by atoms with Crippen molar-refractivity contribution in [3.05, 3.63) is 34.8 Å². The minimum absolute atomic E-state index is 0.0481. The van der Waals surface area contributed by atoms with E-state index in [0.29, 0.717) is 10.9 Å². The molecule has 1 N–H and O–H groups in total. The van der Waals surface area contributed by atoms with Gasteiger partial charge in [-0.15, -0.1) is 10.2 Å². The van der Waals surface area contributed by atoms with Gasteiger partial charge in [-0.25, -0.2) is 0 Å². The van der Waals surface area contributed by atoms with Gasteiger partial charge in [0.2, 0.25) is 5.13 Å². The van der Waals surface area contributed by atoms with E-state index in [2.05, 4.69) is 36.3 Å². The quantitative estimate of drug-likeness (QED) is 0.942. The molecule has 5 nitrogen and oxygen atoms in total. The number of amides is 1. The van der Waals surface area contributed by atoms with Crippen molar-refractivity contribution in [2.45, 2.75) is 33.1 Å². The summed E-state index contributed by atoms with van der Waals surface area (Å²) in [6.45, 7) is 8.25. The van der Waals surface area contributed by atoms with E-state index in [1.807, 2.05) is 31.2 Å². The summed E-state index contributed by atoms with van der Waals surface area (Å²) in [6.07, 6.45) is 0. The summed E-state index contributed by atoms with van der Waals surface area (Å²) in [5.41, 5.74) is 1.33. The number of rotatable bonds is 4. The Morgan fingerprint density at radius 2 is 1.90 bits per heavy atom. The lowest BCUT2D eigenvalue weighted by atomic mass is 9.87. The molecule has 0 radical (unpaired) electrons. The third-order valence-corrected chi connectivity index (χ3v) is 3.62. The van der Waals surface area contributed by atoms with Crippen LogP contribution < -0.4 is 10.1 Å². The lowest BCUT2D eigenvalue weighted by molar-refractivity contribution is -0.118. The maximum Gasteiger partial charge on any atom is 0.264 e. The van der Waals surface area contributed by atoms with Crippen LogP contribution in [0.25, 0.3) is 0 Å². The van der Waals surface area contributed by atoms with Crippen LogP contribution in [0.4, 0.5) is 5.13 Å². The first-order chi connectivity index (χ1) is 9.84. The number of aromatic nitrogens is 2. The van der Waals surface area contributed by atoms with Crippen molar-refractivity contribution < 1.29 is 9.53 Å². The predicted octanol–water partition coefficient (Wildman–Crippen LogP) is 3.16. The zero-order chi connectivity index (χ0) is 15.5. The number of benzene rings is 1. The average Bonchev–Trinajstić information content (AvgIpc) is 2.81. The van der Waals surface area contributed by atoms with E-state index in [0.717, 1.165) is 5.01 Å². The average molecular weight is 305 g/mol. The molecule has 0 aliphatic carbocycles. The van der Waals surface area contributed by atoms with E-state index in [1.165, 1.54) is 16.9 Å². The van der Waals surface area contributed by atoms with E-state index in [9.17, 15) is 4.79 Å². The molecule has 0 saturated heterocycles. The van der Waals surface area contributed by atoms with Crippen molar-refractivity contribution in [3.8, 4) is 5.75 Å². The highest BCUT2D eigenvalue weighted by molar-refractivity contribution is 7.15. The van der Waals surface area contributed by atoms with Gasteiger partial charge in [-0.1, -0.05) is 44.2 Å². The van der Waals surface area contributed by atoms with Crippen LogP contribution in [0.1, 0.15) is 31.3 Å². The molecule has 0 aliphatic rings. The first-order valence-electron chi connectivity index (χ1n) is 6.68. The Hall–Kier alpha value is -1.95. The molecule has 2 rings (SSSR count). The SMILES string of the molecule is Cc1nnc(NC(=O)COc2ccc(C(C)(C)C)cc2)s1. The van der Waals surface area contributed by atoms with Gasteiger partial charge in [-0.3, -0.25) is 10.1 Å². The van der Waals surface area contributed by atoms with Crippen LogP contribution in [-0.2, 0) is 10.2 Å². The third-order valence-electron chi connectivity index (χ3n) is 2.86. The van der Waals surface area contributed by atoms with E-state index in [4.69, 9.17) is 4.74 Å². The number of anilines is 1. The number of carbonyl (C=O) groups is 1. The number of nitrogens with zero attached hydrogens (tertiary/aromatic N) is 2. The van der Waals surface area contributed by atoms with Gasteiger partial charge in [-0.2, -0.15) is 0 Å². The van der Waals surface area contributed by atoms with Gasteiger partial charge in [0.1, 0.15) is 10.8 Å². The summed E-state index contributed by atoms with van der Waals surface area (Å²) in [5, 5.41) is 11.6. The fourth-order valence-corrected chi connectivity index (χ4v) is 2.31. The number of nitrogens with one attached hydrogen (secondary N) is 1. The number of hydrogen-bond donors (Lipinski definition) is 1.